The normalized spacial score (nSPS) is 12.6. The zero-order valence-electron chi connectivity index (χ0n) is 14.1. The predicted molar refractivity (Wildman–Crippen MR) is 85.7 cm³/mol. The molecule has 0 amide bonds. The first-order valence-corrected chi connectivity index (χ1v) is 7.80. The lowest BCUT2D eigenvalue weighted by atomic mass is 9.81. The molecular weight excluding hydrogens is 248 g/mol. The number of nitrogens with one attached hydrogen (secondary N) is 1. The van der Waals surface area contributed by atoms with Crippen molar-refractivity contribution in [1.29, 1.82) is 0 Å². The molecule has 1 aromatic heterocycles. The third-order valence-electron chi connectivity index (χ3n) is 4.20. The Labute approximate surface area is 124 Å². The fraction of sp³-hybridized carbons (Fsp3) is 0.812. The molecule has 20 heavy (non-hydrogen) atoms. The van der Waals surface area contributed by atoms with Gasteiger partial charge in [0.2, 0.25) is 0 Å². The van der Waals surface area contributed by atoms with Crippen molar-refractivity contribution in [3.8, 4) is 0 Å². The molecule has 1 N–H and O–H groups in total. The van der Waals surface area contributed by atoms with E-state index in [2.05, 4.69) is 56.3 Å². The van der Waals surface area contributed by atoms with E-state index in [1.807, 2.05) is 17.9 Å². The van der Waals surface area contributed by atoms with Crippen molar-refractivity contribution < 1.29 is 0 Å². The van der Waals surface area contributed by atoms with Gasteiger partial charge in [0, 0.05) is 44.5 Å². The molecule has 4 heteroatoms. The summed E-state index contributed by atoms with van der Waals surface area (Å²) in [5.41, 5.74) is 1.65. The molecule has 0 atom stereocenters. The van der Waals surface area contributed by atoms with Crippen molar-refractivity contribution in [2.75, 3.05) is 20.1 Å². The van der Waals surface area contributed by atoms with Gasteiger partial charge in [-0.1, -0.05) is 27.7 Å². The van der Waals surface area contributed by atoms with Crippen LogP contribution >= 0.6 is 0 Å². The summed E-state index contributed by atoms with van der Waals surface area (Å²) in [6.07, 6.45) is 6.48. The summed E-state index contributed by atoms with van der Waals surface area (Å²) in [4.78, 5) is 2.42. The largest absolute Gasteiger partial charge is 0.314 e. The monoisotopic (exact) mass is 280 g/mol. The van der Waals surface area contributed by atoms with Crippen molar-refractivity contribution in [3.05, 3.63) is 18.0 Å². The summed E-state index contributed by atoms with van der Waals surface area (Å²) in [7, 11) is 4.18. The molecule has 0 fully saturated rings. The molecule has 0 radical (unpaired) electrons. The SMILES string of the molecule is CCC(CC)(CNC(C)C)CN(C)Cc1cnn(C)c1. The van der Waals surface area contributed by atoms with Gasteiger partial charge in [-0.05, 0) is 25.3 Å². The third-order valence-corrected chi connectivity index (χ3v) is 4.20. The Kier molecular flexibility index (Phi) is 6.69. The number of rotatable bonds is 9. The van der Waals surface area contributed by atoms with E-state index in [1.54, 1.807) is 0 Å². The van der Waals surface area contributed by atoms with Crippen LogP contribution in [0.3, 0.4) is 0 Å². The van der Waals surface area contributed by atoms with E-state index < -0.39 is 0 Å². The first kappa shape index (κ1) is 17.2. The molecule has 0 aliphatic rings. The maximum absolute atomic E-state index is 4.24. The Morgan fingerprint density at radius 3 is 2.45 bits per heavy atom. The molecule has 0 bridgehead atoms. The topological polar surface area (TPSA) is 33.1 Å². The van der Waals surface area contributed by atoms with Crippen molar-refractivity contribution in [3.63, 3.8) is 0 Å². The first-order chi connectivity index (χ1) is 9.40. The summed E-state index contributed by atoms with van der Waals surface area (Å²) in [5, 5.41) is 7.86. The molecule has 0 spiro atoms. The van der Waals surface area contributed by atoms with E-state index in [1.165, 1.54) is 18.4 Å². The quantitative estimate of drug-likeness (QED) is 0.755. The molecule has 116 valence electrons. The lowest BCUT2D eigenvalue weighted by molar-refractivity contribution is 0.148. The molecule has 0 aromatic carbocycles. The van der Waals surface area contributed by atoms with Gasteiger partial charge in [0.25, 0.3) is 0 Å². The average Bonchev–Trinajstić information content (AvgIpc) is 2.79. The Balaban J connectivity index is 2.59. The van der Waals surface area contributed by atoms with Crippen LogP contribution in [0.5, 0.6) is 0 Å². The van der Waals surface area contributed by atoms with Gasteiger partial charge in [-0.15, -0.1) is 0 Å². The van der Waals surface area contributed by atoms with Gasteiger partial charge in [0.1, 0.15) is 0 Å². The van der Waals surface area contributed by atoms with E-state index >= 15 is 0 Å². The number of aryl methyl sites for hydroxylation is 1. The standard InChI is InChI=1S/C16H32N4/c1-7-16(8-2,12-17-14(3)4)13-19(5)10-15-9-18-20(6)11-15/h9,11,14,17H,7-8,10,12-13H2,1-6H3. The highest BCUT2D eigenvalue weighted by atomic mass is 15.2. The minimum atomic E-state index is 0.362. The zero-order valence-corrected chi connectivity index (χ0v) is 14.1. The van der Waals surface area contributed by atoms with Crippen LogP contribution in [0.1, 0.15) is 46.1 Å². The number of nitrogens with zero attached hydrogens (tertiary/aromatic N) is 3. The average molecular weight is 280 g/mol. The second kappa shape index (κ2) is 7.79. The molecular formula is C16H32N4. The zero-order chi connectivity index (χ0) is 15.2. The summed E-state index contributed by atoms with van der Waals surface area (Å²) in [6, 6.07) is 0.552. The van der Waals surface area contributed by atoms with E-state index in [0.29, 0.717) is 11.5 Å². The van der Waals surface area contributed by atoms with E-state index in [9.17, 15) is 0 Å². The third kappa shape index (κ3) is 5.25. The van der Waals surface area contributed by atoms with E-state index in [-0.39, 0.29) is 0 Å². The molecule has 0 unspecified atom stereocenters. The Hall–Kier alpha value is -0.870. The van der Waals surface area contributed by atoms with Gasteiger partial charge in [0.15, 0.2) is 0 Å². The molecule has 1 rings (SSSR count). The summed E-state index contributed by atoms with van der Waals surface area (Å²) in [6.45, 7) is 12.2. The Morgan fingerprint density at radius 1 is 1.35 bits per heavy atom. The minimum Gasteiger partial charge on any atom is -0.314 e. The molecule has 0 saturated carbocycles. The molecule has 0 aliphatic carbocycles. The van der Waals surface area contributed by atoms with Gasteiger partial charge >= 0.3 is 0 Å². The summed E-state index contributed by atoms with van der Waals surface area (Å²) in [5.74, 6) is 0. The van der Waals surface area contributed by atoms with Crippen LogP contribution in [0, 0.1) is 5.41 Å². The van der Waals surface area contributed by atoms with Gasteiger partial charge < -0.3 is 10.2 Å². The maximum Gasteiger partial charge on any atom is 0.0534 e. The highest BCUT2D eigenvalue weighted by Gasteiger charge is 2.27. The first-order valence-electron chi connectivity index (χ1n) is 7.80. The highest BCUT2D eigenvalue weighted by Crippen LogP contribution is 2.27. The lowest BCUT2D eigenvalue weighted by Crippen LogP contribution is -2.44. The van der Waals surface area contributed by atoms with Crippen molar-refractivity contribution in [1.82, 2.24) is 20.0 Å². The second-order valence-electron chi connectivity index (χ2n) is 6.44. The van der Waals surface area contributed by atoms with Gasteiger partial charge in [0.05, 0.1) is 6.20 Å². The smallest absolute Gasteiger partial charge is 0.0534 e. The van der Waals surface area contributed by atoms with Crippen LogP contribution in [0.15, 0.2) is 12.4 Å². The molecule has 0 aliphatic heterocycles. The summed E-state index contributed by atoms with van der Waals surface area (Å²) < 4.78 is 1.87. The summed E-state index contributed by atoms with van der Waals surface area (Å²) >= 11 is 0. The number of hydrogen-bond donors (Lipinski definition) is 1. The number of hydrogen-bond acceptors (Lipinski definition) is 3. The minimum absolute atomic E-state index is 0.362. The van der Waals surface area contributed by atoms with Crippen molar-refractivity contribution in [2.24, 2.45) is 12.5 Å². The van der Waals surface area contributed by atoms with Crippen LogP contribution in [0.2, 0.25) is 0 Å². The maximum atomic E-state index is 4.24. The molecule has 1 heterocycles. The van der Waals surface area contributed by atoms with Crippen LogP contribution in [0.4, 0.5) is 0 Å². The Morgan fingerprint density at radius 2 is 2.00 bits per heavy atom. The fourth-order valence-corrected chi connectivity index (χ4v) is 2.69. The van der Waals surface area contributed by atoms with Gasteiger partial charge in [-0.3, -0.25) is 4.68 Å². The predicted octanol–water partition coefficient (Wildman–Crippen LogP) is 2.66. The number of aromatic nitrogens is 2. The highest BCUT2D eigenvalue weighted by molar-refractivity contribution is 5.03. The van der Waals surface area contributed by atoms with E-state index in [4.69, 9.17) is 0 Å². The van der Waals surface area contributed by atoms with Crippen molar-refractivity contribution in [2.45, 2.75) is 53.1 Å². The van der Waals surface area contributed by atoms with Crippen LogP contribution in [-0.2, 0) is 13.6 Å². The van der Waals surface area contributed by atoms with Crippen LogP contribution < -0.4 is 5.32 Å². The van der Waals surface area contributed by atoms with Crippen LogP contribution in [-0.4, -0.2) is 40.9 Å². The molecule has 4 nitrogen and oxygen atoms in total. The van der Waals surface area contributed by atoms with Gasteiger partial charge in [-0.25, -0.2) is 0 Å². The molecule has 0 saturated heterocycles. The van der Waals surface area contributed by atoms with E-state index in [0.717, 1.165) is 19.6 Å². The van der Waals surface area contributed by atoms with Crippen LogP contribution in [0.25, 0.3) is 0 Å². The van der Waals surface area contributed by atoms with Crippen molar-refractivity contribution >= 4 is 0 Å². The Bertz CT molecular complexity index is 380. The van der Waals surface area contributed by atoms with Gasteiger partial charge in [-0.2, -0.15) is 5.10 Å². The lowest BCUT2D eigenvalue weighted by Gasteiger charge is -2.36. The molecule has 1 aromatic rings. The second-order valence-corrected chi connectivity index (χ2v) is 6.44. The fourth-order valence-electron chi connectivity index (χ4n) is 2.69.